The van der Waals surface area contributed by atoms with Crippen molar-refractivity contribution in [3.05, 3.63) is 0 Å². The Bertz CT molecular complexity index is 412. The molecule has 1 heterocycles. The van der Waals surface area contributed by atoms with Crippen LogP contribution in [-0.2, 0) is 33.3 Å². The van der Waals surface area contributed by atoms with Crippen LogP contribution in [0.2, 0.25) is 0 Å². The molecule has 1 saturated heterocycles. The van der Waals surface area contributed by atoms with Crippen molar-refractivity contribution in [3.63, 3.8) is 0 Å². The predicted octanol–water partition coefficient (Wildman–Crippen LogP) is -0.480. The Morgan fingerprint density at radius 3 is 2.30 bits per heavy atom. The summed E-state index contributed by atoms with van der Waals surface area (Å²) in [7, 11) is 0. The lowest BCUT2D eigenvalue weighted by molar-refractivity contribution is -0.252. The summed E-state index contributed by atoms with van der Waals surface area (Å²) >= 11 is 0. The van der Waals surface area contributed by atoms with Crippen molar-refractivity contribution in [3.8, 4) is 0 Å². The van der Waals surface area contributed by atoms with Gasteiger partial charge in [0.1, 0.15) is 18.8 Å². The standard InChI is InChI=1S/C12H18O8/c1-6(13)17-5-10-12(19-8(3)15)9(18-7(2)14)4-11(16)20-10/h9-12,16H,4-5H2,1-3H3/t9-,10-,11-,12+/m1/s1/i4D/t4-,9+,10+,11+,12-/m0. The zero-order valence-corrected chi connectivity index (χ0v) is 11.4. The van der Waals surface area contributed by atoms with Gasteiger partial charge in [-0.25, -0.2) is 0 Å². The molecular formula is C12H18O8. The van der Waals surface area contributed by atoms with Crippen molar-refractivity contribution in [2.24, 2.45) is 0 Å². The number of aliphatic hydroxyl groups is 1. The maximum absolute atomic E-state index is 11.2. The van der Waals surface area contributed by atoms with E-state index in [9.17, 15) is 19.5 Å². The van der Waals surface area contributed by atoms with Gasteiger partial charge in [0.2, 0.25) is 0 Å². The third-order valence-corrected chi connectivity index (χ3v) is 2.41. The number of hydrogen-bond donors (Lipinski definition) is 1. The monoisotopic (exact) mass is 291 g/mol. The molecule has 0 unspecified atom stereocenters. The number of aliphatic hydroxyl groups excluding tert-OH is 1. The third-order valence-electron chi connectivity index (χ3n) is 2.41. The molecule has 1 fully saturated rings. The first kappa shape index (κ1) is 14.7. The summed E-state index contributed by atoms with van der Waals surface area (Å²) in [5.41, 5.74) is 0. The Morgan fingerprint density at radius 2 is 1.80 bits per heavy atom. The first-order valence-corrected chi connectivity index (χ1v) is 5.96. The van der Waals surface area contributed by atoms with Gasteiger partial charge in [-0.15, -0.1) is 0 Å². The van der Waals surface area contributed by atoms with E-state index in [0.29, 0.717) is 0 Å². The smallest absolute Gasteiger partial charge is 0.303 e. The van der Waals surface area contributed by atoms with Crippen LogP contribution in [0.1, 0.15) is 28.5 Å². The fraction of sp³-hybridized carbons (Fsp3) is 0.750. The first-order valence-electron chi connectivity index (χ1n) is 6.53. The topological polar surface area (TPSA) is 108 Å². The van der Waals surface area contributed by atoms with Crippen LogP contribution < -0.4 is 0 Å². The average molecular weight is 291 g/mol. The molecule has 5 atom stereocenters. The molecule has 0 spiro atoms. The highest BCUT2D eigenvalue weighted by Gasteiger charge is 2.43. The Balaban J connectivity index is 2.94. The van der Waals surface area contributed by atoms with E-state index in [1.54, 1.807) is 0 Å². The average Bonchev–Trinajstić information content (AvgIpc) is 2.35. The second-order valence-corrected chi connectivity index (χ2v) is 4.21. The lowest BCUT2D eigenvalue weighted by Crippen LogP contribution is -2.53. The summed E-state index contributed by atoms with van der Waals surface area (Å²) in [6, 6.07) is 0. The van der Waals surface area contributed by atoms with E-state index in [0.717, 1.165) is 13.8 Å². The van der Waals surface area contributed by atoms with E-state index in [1.165, 1.54) is 6.92 Å². The zero-order chi connectivity index (χ0) is 16.2. The van der Waals surface area contributed by atoms with Gasteiger partial charge in [0.15, 0.2) is 12.4 Å². The van der Waals surface area contributed by atoms with Gasteiger partial charge in [0, 0.05) is 28.5 Å². The molecule has 0 aromatic rings. The van der Waals surface area contributed by atoms with E-state index in [1.807, 2.05) is 0 Å². The van der Waals surface area contributed by atoms with Crippen LogP contribution in [0.5, 0.6) is 0 Å². The SMILES string of the molecule is [2H][C@H]1[C@@H](OC(C)=O)[C@H](OC(C)=O)[C@@H](COC(C)=O)O[C@H]1O. The van der Waals surface area contributed by atoms with Crippen LogP contribution in [0.25, 0.3) is 0 Å². The number of carbonyl (C=O) groups excluding carboxylic acids is 3. The van der Waals surface area contributed by atoms with E-state index in [4.69, 9.17) is 20.3 Å². The predicted molar refractivity (Wildman–Crippen MR) is 63.2 cm³/mol. The van der Waals surface area contributed by atoms with Crippen LogP contribution in [0, 0.1) is 0 Å². The molecule has 114 valence electrons. The van der Waals surface area contributed by atoms with Gasteiger partial charge >= 0.3 is 17.9 Å². The highest BCUT2D eigenvalue weighted by Crippen LogP contribution is 2.25. The molecule has 1 rings (SSSR count). The number of esters is 3. The Labute approximate surface area is 117 Å². The second kappa shape index (κ2) is 7.20. The number of ether oxygens (including phenoxy) is 4. The van der Waals surface area contributed by atoms with Crippen molar-refractivity contribution in [2.75, 3.05) is 6.61 Å². The molecule has 0 saturated carbocycles. The van der Waals surface area contributed by atoms with Gasteiger partial charge in [-0.05, 0) is 0 Å². The molecular weight excluding hydrogens is 272 g/mol. The summed E-state index contributed by atoms with van der Waals surface area (Å²) in [6.07, 6.45) is -6.35. The maximum atomic E-state index is 11.2. The van der Waals surface area contributed by atoms with Crippen molar-refractivity contribution >= 4 is 17.9 Å². The van der Waals surface area contributed by atoms with Crippen LogP contribution in [0.15, 0.2) is 0 Å². The molecule has 8 nitrogen and oxygen atoms in total. The Morgan fingerprint density at radius 1 is 1.20 bits per heavy atom. The summed E-state index contributed by atoms with van der Waals surface area (Å²) in [6.45, 7) is 3.13. The molecule has 0 bridgehead atoms. The van der Waals surface area contributed by atoms with E-state index in [-0.39, 0.29) is 6.61 Å². The molecule has 20 heavy (non-hydrogen) atoms. The number of carbonyl (C=O) groups is 3. The minimum Gasteiger partial charge on any atom is -0.463 e. The zero-order valence-electron chi connectivity index (χ0n) is 12.4. The molecule has 0 aromatic heterocycles. The molecule has 1 aliphatic heterocycles. The molecule has 1 aliphatic rings. The third kappa shape index (κ3) is 5.14. The molecule has 0 aromatic carbocycles. The van der Waals surface area contributed by atoms with Gasteiger partial charge < -0.3 is 24.1 Å². The summed E-state index contributed by atoms with van der Waals surface area (Å²) in [5.74, 6) is -1.97. The lowest BCUT2D eigenvalue weighted by Gasteiger charge is -2.38. The highest BCUT2D eigenvalue weighted by atomic mass is 16.7. The second-order valence-electron chi connectivity index (χ2n) is 4.21. The van der Waals surface area contributed by atoms with Crippen molar-refractivity contribution in [1.82, 2.24) is 0 Å². The van der Waals surface area contributed by atoms with E-state index >= 15 is 0 Å². The largest absolute Gasteiger partial charge is 0.463 e. The minimum absolute atomic E-state index is 0.311. The van der Waals surface area contributed by atoms with Crippen LogP contribution in [0.3, 0.4) is 0 Å². The van der Waals surface area contributed by atoms with Crippen LogP contribution in [0.4, 0.5) is 0 Å². The van der Waals surface area contributed by atoms with Gasteiger partial charge in [-0.1, -0.05) is 0 Å². The Kier molecular flexibility index (Phi) is 5.31. The summed E-state index contributed by atoms with van der Waals surface area (Å²) < 4.78 is 27.6. The van der Waals surface area contributed by atoms with Gasteiger partial charge in [0.05, 0.1) is 0 Å². The molecule has 1 N–H and O–H groups in total. The number of rotatable bonds is 4. The van der Waals surface area contributed by atoms with Crippen molar-refractivity contribution < 1.29 is 39.8 Å². The molecule has 0 aliphatic carbocycles. The van der Waals surface area contributed by atoms with Gasteiger partial charge in [-0.2, -0.15) is 0 Å². The van der Waals surface area contributed by atoms with E-state index < -0.39 is 48.9 Å². The molecule has 0 radical (unpaired) electrons. The fourth-order valence-electron chi connectivity index (χ4n) is 1.75. The van der Waals surface area contributed by atoms with Crippen LogP contribution in [-0.4, -0.2) is 54.2 Å². The molecule has 0 amide bonds. The summed E-state index contributed by atoms with van der Waals surface area (Å²) in [5, 5.41) is 9.67. The quantitative estimate of drug-likeness (QED) is 0.546. The van der Waals surface area contributed by atoms with E-state index in [2.05, 4.69) is 0 Å². The van der Waals surface area contributed by atoms with Gasteiger partial charge in [-0.3, -0.25) is 14.4 Å². The summed E-state index contributed by atoms with van der Waals surface area (Å²) in [4.78, 5) is 33.1. The van der Waals surface area contributed by atoms with Crippen molar-refractivity contribution in [1.29, 1.82) is 0 Å². The Hall–Kier alpha value is -1.67. The van der Waals surface area contributed by atoms with Crippen molar-refractivity contribution in [2.45, 2.75) is 51.8 Å². The maximum Gasteiger partial charge on any atom is 0.303 e. The first-order chi connectivity index (χ1) is 9.72. The minimum atomic E-state index is -1.57. The van der Waals surface area contributed by atoms with Crippen LogP contribution >= 0.6 is 0 Å². The number of hydrogen-bond acceptors (Lipinski definition) is 8. The lowest BCUT2D eigenvalue weighted by atomic mass is 10.0. The fourth-order valence-corrected chi connectivity index (χ4v) is 1.75. The normalized spacial score (nSPS) is 33.8. The molecule has 8 heteroatoms. The van der Waals surface area contributed by atoms with Gasteiger partial charge in [0.25, 0.3) is 0 Å². The highest BCUT2D eigenvalue weighted by molar-refractivity contribution is 5.67.